The van der Waals surface area contributed by atoms with Crippen molar-refractivity contribution in [3.05, 3.63) is 46.7 Å². The first-order chi connectivity index (χ1) is 12.5. The quantitative estimate of drug-likeness (QED) is 0.338. The summed E-state index contributed by atoms with van der Waals surface area (Å²) in [5, 5.41) is 14.1. The molecule has 0 aromatic heterocycles. The summed E-state index contributed by atoms with van der Waals surface area (Å²) in [5.41, 5.74) is 3.99. The molecule has 4 saturated heterocycles. The van der Waals surface area contributed by atoms with E-state index in [1.165, 1.54) is 12.5 Å². The topological polar surface area (TPSA) is 61.7 Å². The number of para-hydroxylation sites is 1. The molecule has 5 bridgehead atoms. The van der Waals surface area contributed by atoms with E-state index < -0.39 is 0 Å². The third-order valence-electron chi connectivity index (χ3n) is 7.81. The molecule has 5 fully saturated rings. The smallest absolute Gasteiger partial charge is 0.302 e. The van der Waals surface area contributed by atoms with Gasteiger partial charge in [0.2, 0.25) is 0 Å². The highest BCUT2D eigenvalue weighted by Crippen LogP contribution is 2.68. The van der Waals surface area contributed by atoms with Gasteiger partial charge in [-0.15, -0.1) is 0 Å². The molecule has 6 aliphatic rings. The van der Waals surface area contributed by atoms with Crippen molar-refractivity contribution in [3.63, 3.8) is 0 Å². The minimum Gasteiger partial charge on any atom is -0.632 e. The first kappa shape index (κ1) is 15.1. The van der Waals surface area contributed by atoms with Gasteiger partial charge in [0.05, 0.1) is 28.8 Å². The lowest BCUT2D eigenvalue weighted by Crippen LogP contribution is -2.73. The Kier molecular flexibility index (Phi) is 2.59. The Balaban J connectivity index is 1.64. The van der Waals surface area contributed by atoms with Crippen LogP contribution in [-0.2, 0) is 14.9 Å². The lowest BCUT2D eigenvalue weighted by atomic mass is 9.66. The summed E-state index contributed by atoms with van der Waals surface area (Å²) < 4.78 is 5.82. The number of benzene rings is 1. The maximum Gasteiger partial charge on any atom is 0.302 e. The molecule has 0 radical (unpaired) electrons. The van der Waals surface area contributed by atoms with Crippen LogP contribution in [0.15, 0.2) is 40.9 Å². The van der Waals surface area contributed by atoms with E-state index in [1.807, 2.05) is 25.1 Å². The summed E-state index contributed by atoms with van der Waals surface area (Å²) >= 11 is 0. The SMILES string of the molecule is CC=C1C[N+]2([O-])C3CC1C1C(OC(C)=O)C4(CC12)C3=Nc1ccccc14. The third kappa shape index (κ3) is 1.41. The van der Waals surface area contributed by atoms with E-state index in [4.69, 9.17) is 9.73 Å². The number of esters is 1. The second kappa shape index (κ2) is 4.46. The number of hydrogen-bond donors (Lipinski definition) is 0. The van der Waals surface area contributed by atoms with Gasteiger partial charge in [-0.1, -0.05) is 24.3 Å². The molecule has 7 atom stereocenters. The molecule has 7 rings (SSSR count). The van der Waals surface area contributed by atoms with E-state index in [0.29, 0.717) is 12.5 Å². The lowest BCUT2D eigenvalue weighted by Gasteiger charge is -2.65. The Morgan fingerprint density at radius 2 is 2.23 bits per heavy atom. The van der Waals surface area contributed by atoms with Gasteiger partial charge in [-0.25, -0.2) is 0 Å². The van der Waals surface area contributed by atoms with Gasteiger partial charge < -0.3 is 14.6 Å². The van der Waals surface area contributed by atoms with Gasteiger partial charge in [-0.2, -0.15) is 0 Å². The number of nitrogens with zero attached hydrogens (tertiary/aromatic N) is 2. The second-order valence-electron chi connectivity index (χ2n) is 8.60. The van der Waals surface area contributed by atoms with Crippen molar-refractivity contribution in [3.8, 4) is 0 Å². The number of aliphatic imine (C=N–C) groups is 1. The highest BCUT2D eigenvalue weighted by atomic mass is 16.6. The fraction of sp³-hybridized carbons (Fsp3) is 0.524. The average molecular weight is 350 g/mol. The zero-order chi connectivity index (χ0) is 17.8. The van der Waals surface area contributed by atoms with Crippen LogP contribution in [0.1, 0.15) is 32.3 Å². The van der Waals surface area contributed by atoms with Gasteiger partial charge in [0.25, 0.3) is 0 Å². The monoisotopic (exact) mass is 350 g/mol. The number of hydroxylamine groups is 3. The molecule has 1 saturated carbocycles. The van der Waals surface area contributed by atoms with E-state index in [1.54, 1.807) is 0 Å². The Hall–Kier alpha value is -1.98. The van der Waals surface area contributed by atoms with Crippen molar-refractivity contribution in [1.82, 2.24) is 0 Å². The lowest BCUT2D eigenvalue weighted by molar-refractivity contribution is -0.934. The van der Waals surface area contributed by atoms with Crippen LogP contribution in [0.4, 0.5) is 5.69 Å². The molecule has 5 aliphatic heterocycles. The predicted molar refractivity (Wildman–Crippen MR) is 96.8 cm³/mol. The molecule has 1 aromatic carbocycles. The first-order valence-electron chi connectivity index (χ1n) is 9.60. The van der Waals surface area contributed by atoms with E-state index in [9.17, 15) is 10.0 Å². The van der Waals surface area contributed by atoms with Crippen LogP contribution in [0.5, 0.6) is 0 Å². The molecule has 0 N–H and O–H groups in total. The van der Waals surface area contributed by atoms with Crippen LogP contribution in [-0.4, -0.2) is 41.1 Å². The van der Waals surface area contributed by atoms with Crippen LogP contribution in [0.2, 0.25) is 0 Å². The fourth-order valence-electron chi connectivity index (χ4n) is 7.06. The van der Waals surface area contributed by atoms with Gasteiger partial charge in [0.1, 0.15) is 18.7 Å². The van der Waals surface area contributed by atoms with Gasteiger partial charge in [-0.3, -0.25) is 9.79 Å². The normalized spacial score (nSPS) is 47.7. The Morgan fingerprint density at radius 1 is 1.42 bits per heavy atom. The Bertz CT molecular complexity index is 922. The molecule has 0 amide bonds. The standard InChI is InChI=1S/C21H22N2O3/c1-3-12-10-23(25)16-8-13(12)18-17(23)9-21(20(18)26-11(2)24)14-6-4-5-7-15(14)22-19(16)21/h3-7,13,16-18,20H,8-10H2,1-2H3. The van der Waals surface area contributed by atoms with E-state index in [2.05, 4.69) is 12.1 Å². The van der Waals surface area contributed by atoms with Crippen LogP contribution >= 0.6 is 0 Å². The van der Waals surface area contributed by atoms with Crippen LogP contribution in [0.3, 0.4) is 0 Å². The number of allylic oxidation sites excluding steroid dienone is 1. The molecule has 1 aromatic rings. The Morgan fingerprint density at radius 3 is 3.00 bits per heavy atom. The number of fused-ring (bicyclic) bond motifs is 2. The number of ether oxygens (including phenoxy) is 1. The van der Waals surface area contributed by atoms with Crippen LogP contribution in [0, 0.1) is 17.0 Å². The van der Waals surface area contributed by atoms with E-state index >= 15 is 0 Å². The second-order valence-corrected chi connectivity index (χ2v) is 8.60. The van der Waals surface area contributed by atoms with Crippen LogP contribution < -0.4 is 0 Å². The molecular formula is C21H22N2O3. The van der Waals surface area contributed by atoms with E-state index in [0.717, 1.165) is 29.8 Å². The number of carbonyl (C=O) groups excluding carboxylic acids is 1. The molecule has 5 heteroatoms. The largest absolute Gasteiger partial charge is 0.632 e. The van der Waals surface area contributed by atoms with Crippen molar-refractivity contribution >= 4 is 17.4 Å². The zero-order valence-electron chi connectivity index (χ0n) is 15.0. The van der Waals surface area contributed by atoms with Crippen molar-refractivity contribution in [1.29, 1.82) is 0 Å². The summed E-state index contributed by atoms with van der Waals surface area (Å²) in [6, 6.07) is 8.10. The molecule has 1 aliphatic carbocycles. The molecule has 5 nitrogen and oxygen atoms in total. The van der Waals surface area contributed by atoms with Gasteiger partial charge in [-0.05, 0) is 24.1 Å². The van der Waals surface area contributed by atoms with Crippen molar-refractivity contribution in [2.24, 2.45) is 16.8 Å². The Labute approximate surface area is 152 Å². The average Bonchev–Trinajstić information content (AvgIpc) is 3.08. The molecule has 5 heterocycles. The maximum absolute atomic E-state index is 14.1. The summed E-state index contributed by atoms with van der Waals surface area (Å²) in [5.74, 6) is 0.189. The summed E-state index contributed by atoms with van der Waals surface area (Å²) in [6.45, 7) is 4.09. The maximum atomic E-state index is 14.1. The third-order valence-corrected chi connectivity index (χ3v) is 7.81. The molecule has 7 unspecified atom stereocenters. The summed E-state index contributed by atoms with van der Waals surface area (Å²) in [4.78, 5) is 17.0. The number of piperidine rings is 4. The van der Waals surface area contributed by atoms with Gasteiger partial charge in [0.15, 0.2) is 0 Å². The fourth-order valence-corrected chi connectivity index (χ4v) is 7.06. The number of rotatable bonds is 1. The highest BCUT2D eigenvalue weighted by Gasteiger charge is 2.78. The molecule has 1 spiro atoms. The summed E-state index contributed by atoms with van der Waals surface area (Å²) in [7, 11) is 0. The predicted octanol–water partition coefficient (Wildman–Crippen LogP) is 3.01. The van der Waals surface area contributed by atoms with Gasteiger partial charge in [0, 0.05) is 25.7 Å². The zero-order valence-corrected chi connectivity index (χ0v) is 15.0. The van der Waals surface area contributed by atoms with E-state index in [-0.39, 0.29) is 40.1 Å². The minimum absolute atomic E-state index is 0.0110. The highest BCUT2D eigenvalue weighted by molar-refractivity contribution is 6.07. The van der Waals surface area contributed by atoms with Crippen molar-refractivity contribution < 1.29 is 14.2 Å². The first-order valence-corrected chi connectivity index (χ1v) is 9.60. The molecular weight excluding hydrogens is 328 g/mol. The number of carbonyl (C=O) groups is 1. The number of quaternary nitrogens is 1. The van der Waals surface area contributed by atoms with Crippen molar-refractivity contribution in [2.75, 3.05) is 6.54 Å². The molecule has 26 heavy (non-hydrogen) atoms. The van der Waals surface area contributed by atoms with Crippen LogP contribution in [0.25, 0.3) is 0 Å². The minimum atomic E-state index is -0.383. The van der Waals surface area contributed by atoms with Crippen molar-refractivity contribution in [2.45, 2.75) is 50.3 Å². The summed E-state index contributed by atoms with van der Waals surface area (Å²) in [6.07, 6.45) is 3.45. The molecule has 134 valence electrons. The number of hydrogen-bond acceptors (Lipinski definition) is 4. The van der Waals surface area contributed by atoms with Gasteiger partial charge >= 0.3 is 5.97 Å².